The van der Waals surface area contributed by atoms with Gasteiger partial charge in [-0.15, -0.1) is 0 Å². The van der Waals surface area contributed by atoms with Crippen LogP contribution in [-0.2, 0) is 6.61 Å². The Morgan fingerprint density at radius 3 is 2.28 bits per heavy atom. The first-order valence-electron chi connectivity index (χ1n) is 12.8. The van der Waals surface area contributed by atoms with E-state index in [2.05, 4.69) is 10.3 Å². The molecular formula is C31H23F4N3O4S. The van der Waals surface area contributed by atoms with E-state index in [1.807, 2.05) is 12.1 Å². The fraction of sp³-hybridized carbons (Fsp3) is 0.129. The normalized spacial score (nSPS) is 14.9. The predicted octanol–water partition coefficient (Wildman–Crippen LogP) is 7.28. The van der Waals surface area contributed by atoms with Crippen LogP contribution in [0.3, 0.4) is 0 Å². The Labute approximate surface area is 248 Å². The smallest absolute Gasteiger partial charge is 0.281 e. The minimum atomic E-state index is -1.38. The second-order valence-corrected chi connectivity index (χ2v) is 10.4. The van der Waals surface area contributed by atoms with Crippen LogP contribution in [0.15, 0.2) is 89.1 Å². The van der Waals surface area contributed by atoms with Gasteiger partial charge in [-0.05, 0) is 48.4 Å². The Kier molecular flexibility index (Phi) is 8.67. The van der Waals surface area contributed by atoms with Crippen molar-refractivity contribution in [3.05, 3.63) is 130 Å². The number of para-hydroxylation sites is 1. The Hall–Kier alpha value is -4.84. The van der Waals surface area contributed by atoms with Gasteiger partial charge in [0.2, 0.25) is 0 Å². The molecule has 1 heterocycles. The Morgan fingerprint density at radius 1 is 0.977 bits per heavy atom. The first-order chi connectivity index (χ1) is 20.7. The molecule has 1 N–H and O–H groups in total. The lowest BCUT2D eigenvalue weighted by Crippen LogP contribution is -2.28. The van der Waals surface area contributed by atoms with Crippen LogP contribution >= 0.6 is 11.8 Å². The molecule has 0 aliphatic carbocycles. The summed E-state index contributed by atoms with van der Waals surface area (Å²) >= 11 is 1.07. The number of halogens is 4. The summed E-state index contributed by atoms with van der Waals surface area (Å²) in [5.74, 6) is -5.01. The summed E-state index contributed by atoms with van der Waals surface area (Å²) < 4.78 is 68.3. The Morgan fingerprint density at radius 2 is 1.65 bits per heavy atom. The molecule has 43 heavy (non-hydrogen) atoms. The van der Waals surface area contributed by atoms with Crippen molar-refractivity contribution in [1.82, 2.24) is 5.01 Å². The standard InChI is InChI=1S/C31H23F4N3O4S/c1-17(37-40)19-8-6-18(7-9-19)16-42-26-5-3-4-23(28(26)41-2)31-38(30(39)27-24(34)14-22(33)15-25(27)35)36-29(43-31)20-10-12-21(32)13-11-20/h3-15,31,40H,16H2,1-2H3/b37-17+. The zero-order valence-corrected chi connectivity index (χ0v) is 23.5. The molecule has 0 radical (unpaired) electrons. The molecule has 220 valence electrons. The number of hydrogen-bond acceptors (Lipinski definition) is 7. The van der Waals surface area contributed by atoms with Gasteiger partial charge in [-0.25, -0.2) is 22.6 Å². The van der Waals surface area contributed by atoms with E-state index >= 15 is 0 Å². The topological polar surface area (TPSA) is 83.7 Å². The fourth-order valence-corrected chi connectivity index (χ4v) is 5.55. The van der Waals surface area contributed by atoms with Crippen molar-refractivity contribution < 1.29 is 37.0 Å². The van der Waals surface area contributed by atoms with Crippen LogP contribution in [0.4, 0.5) is 17.6 Å². The minimum absolute atomic E-state index is 0.138. The van der Waals surface area contributed by atoms with Gasteiger partial charge in [0.05, 0.1) is 12.8 Å². The van der Waals surface area contributed by atoms with E-state index in [1.54, 1.807) is 37.3 Å². The molecule has 5 rings (SSSR count). The molecule has 1 aliphatic heterocycles. The van der Waals surface area contributed by atoms with Crippen LogP contribution in [0, 0.1) is 23.3 Å². The molecule has 4 aromatic carbocycles. The zero-order chi connectivity index (χ0) is 30.7. The quantitative estimate of drug-likeness (QED) is 0.0983. The number of hydrazone groups is 1. The molecule has 0 saturated carbocycles. The van der Waals surface area contributed by atoms with Gasteiger partial charge in [0.25, 0.3) is 5.91 Å². The Bertz CT molecular complexity index is 1710. The molecule has 0 bridgehead atoms. The van der Waals surface area contributed by atoms with Crippen LogP contribution in [-0.4, -0.2) is 34.0 Å². The van der Waals surface area contributed by atoms with Crippen LogP contribution in [0.2, 0.25) is 0 Å². The van der Waals surface area contributed by atoms with E-state index in [-0.39, 0.29) is 17.4 Å². The highest BCUT2D eigenvalue weighted by molar-refractivity contribution is 8.14. The Balaban J connectivity index is 1.50. The average Bonchev–Trinajstić information content (AvgIpc) is 3.45. The predicted molar refractivity (Wildman–Crippen MR) is 154 cm³/mol. The van der Waals surface area contributed by atoms with E-state index in [9.17, 15) is 22.4 Å². The molecule has 0 saturated heterocycles. The van der Waals surface area contributed by atoms with Gasteiger partial charge in [-0.1, -0.05) is 53.3 Å². The fourth-order valence-electron chi connectivity index (χ4n) is 4.38. The summed E-state index contributed by atoms with van der Waals surface area (Å²) in [6, 6.07) is 18.3. The summed E-state index contributed by atoms with van der Waals surface area (Å²) in [7, 11) is 1.41. The maximum absolute atomic E-state index is 14.7. The number of methoxy groups -OCH3 is 1. The van der Waals surface area contributed by atoms with Crippen molar-refractivity contribution in [3.8, 4) is 11.5 Å². The molecule has 0 aromatic heterocycles. The van der Waals surface area contributed by atoms with Crippen LogP contribution in [0.5, 0.6) is 11.5 Å². The van der Waals surface area contributed by atoms with Gasteiger partial charge in [-0.2, -0.15) is 5.10 Å². The molecule has 12 heteroatoms. The number of thioether (sulfide) groups is 1. The molecular weight excluding hydrogens is 586 g/mol. The highest BCUT2D eigenvalue weighted by Gasteiger charge is 2.39. The van der Waals surface area contributed by atoms with E-state index in [1.165, 1.54) is 31.4 Å². The molecule has 1 atom stereocenters. The number of benzene rings is 4. The van der Waals surface area contributed by atoms with Gasteiger partial charge >= 0.3 is 0 Å². The van der Waals surface area contributed by atoms with Crippen molar-refractivity contribution in [1.29, 1.82) is 0 Å². The number of amides is 1. The van der Waals surface area contributed by atoms with Crippen LogP contribution < -0.4 is 9.47 Å². The summed E-state index contributed by atoms with van der Waals surface area (Å²) in [6.07, 6.45) is 0. The number of hydrogen-bond donors (Lipinski definition) is 1. The lowest BCUT2D eigenvalue weighted by Gasteiger charge is -2.24. The number of oxime groups is 1. The third-order valence-corrected chi connectivity index (χ3v) is 7.78. The monoisotopic (exact) mass is 609 g/mol. The van der Waals surface area contributed by atoms with Gasteiger partial charge in [0.15, 0.2) is 11.5 Å². The largest absolute Gasteiger partial charge is 0.492 e. The van der Waals surface area contributed by atoms with Gasteiger partial charge in [0, 0.05) is 23.3 Å². The van der Waals surface area contributed by atoms with Gasteiger partial charge in [0.1, 0.15) is 45.9 Å². The third kappa shape index (κ3) is 6.19. The van der Waals surface area contributed by atoms with Crippen LogP contribution in [0.25, 0.3) is 0 Å². The molecule has 1 aliphatic rings. The summed E-state index contributed by atoms with van der Waals surface area (Å²) in [5.41, 5.74) is 1.87. The second-order valence-electron chi connectivity index (χ2n) is 9.33. The first kappa shape index (κ1) is 29.6. The number of carbonyl (C=O) groups is 1. The first-order valence-corrected chi connectivity index (χ1v) is 13.6. The maximum Gasteiger partial charge on any atom is 0.281 e. The summed E-state index contributed by atoms with van der Waals surface area (Å²) in [4.78, 5) is 13.6. The number of carbonyl (C=O) groups excluding carboxylic acids is 1. The maximum atomic E-state index is 14.7. The van der Waals surface area contributed by atoms with E-state index in [0.717, 1.165) is 27.9 Å². The average molecular weight is 610 g/mol. The number of rotatable bonds is 8. The summed E-state index contributed by atoms with van der Waals surface area (Å²) in [5, 5.41) is 16.7. The van der Waals surface area contributed by atoms with Crippen LogP contribution in [0.1, 0.15) is 44.9 Å². The third-order valence-electron chi connectivity index (χ3n) is 6.56. The van der Waals surface area contributed by atoms with Crippen molar-refractivity contribution in [2.45, 2.75) is 18.9 Å². The lowest BCUT2D eigenvalue weighted by molar-refractivity contribution is 0.0737. The van der Waals surface area contributed by atoms with Crippen molar-refractivity contribution in [2.75, 3.05) is 7.11 Å². The number of nitrogens with zero attached hydrogens (tertiary/aromatic N) is 3. The molecule has 4 aromatic rings. The minimum Gasteiger partial charge on any atom is -0.492 e. The van der Waals surface area contributed by atoms with Crippen molar-refractivity contribution >= 4 is 28.4 Å². The van der Waals surface area contributed by atoms with Gasteiger partial charge in [-0.3, -0.25) is 4.79 Å². The molecule has 7 nitrogen and oxygen atoms in total. The second kappa shape index (κ2) is 12.6. The molecule has 1 amide bonds. The summed E-state index contributed by atoms with van der Waals surface area (Å²) in [6.45, 7) is 1.81. The highest BCUT2D eigenvalue weighted by Crippen LogP contribution is 2.48. The van der Waals surface area contributed by atoms with E-state index in [4.69, 9.17) is 14.7 Å². The zero-order valence-electron chi connectivity index (χ0n) is 22.7. The van der Waals surface area contributed by atoms with Gasteiger partial charge < -0.3 is 14.7 Å². The van der Waals surface area contributed by atoms with Crippen molar-refractivity contribution in [3.63, 3.8) is 0 Å². The van der Waals surface area contributed by atoms with E-state index < -0.39 is 40.1 Å². The molecule has 0 spiro atoms. The molecule has 1 unspecified atom stereocenters. The van der Waals surface area contributed by atoms with Crippen molar-refractivity contribution in [2.24, 2.45) is 10.3 Å². The van der Waals surface area contributed by atoms with E-state index in [0.29, 0.717) is 34.7 Å². The number of ether oxygens (including phenoxy) is 2. The molecule has 0 fully saturated rings. The lowest BCUT2D eigenvalue weighted by atomic mass is 10.1. The highest BCUT2D eigenvalue weighted by atomic mass is 32.2. The SMILES string of the molecule is COc1c(OCc2ccc(/C(C)=N/O)cc2)cccc1C1SC(c2ccc(F)cc2)=NN1C(=O)c1c(F)cc(F)cc1F.